The molecular weight excluding hydrogens is 220 g/mol. The van der Waals surface area contributed by atoms with Crippen LogP contribution in [0, 0.1) is 0 Å². The zero-order valence-electron chi connectivity index (χ0n) is 11.2. The van der Waals surface area contributed by atoms with Gasteiger partial charge in [0.15, 0.2) is 0 Å². The van der Waals surface area contributed by atoms with Gasteiger partial charge < -0.3 is 10.2 Å². The first-order valence-electron chi connectivity index (χ1n) is 7.48. The monoisotopic (exact) mass is 244 g/mol. The summed E-state index contributed by atoms with van der Waals surface area (Å²) in [5.41, 5.74) is 2.86. The van der Waals surface area contributed by atoms with Crippen molar-refractivity contribution in [3.8, 4) is 0 Å². The van der Waals surface area contributed by atoms with Crippen LogP contribution in [-0.2, 0) is 6.42 Å². The molecule has 1 aromatic rings. The van der Waals surface area contributed by atoms with Crippen molar-refractivity contribution in [3.05, 3.63) is 29.8 Å². The lowest BCUT2D eigenvalue weighted by Crippen LogP contribution is -2.30. The van der Waals surface area contributed by atoms with Crippen molar-refractivity contribution in [1.82, 2.24) is 4.90 Å². The summed E-state index contributed by atoms with van der Waals surface area (Å²) in [6.45, 7) is 3.91. The molecule has 1 saturated heterocycles. The van der Waals surface area contributed by atoms with Gasteiger partial charge in [-0.1, -0.05) is 31.0 Å². The first-order valence-corrected chi connectivity index (χ1v) is 7.48. The molecule has 0 radical (unpaired) electrons. The van der Waals surface area contributed by atoms with Gasteiger partial charge in [0.25, 0.3) is 0 Å². The van der Waals surface area contributed by atoms with Crippen LogP contribution in [0.25, 0.3) is 0 Å². The highest BCUT2D eigenvalue weighted by molar-refractivity contribution is 5.56. The maximum Gasteiger partial charge on any atom is 0.0375 e. The van der Waals surface area contributed by atoms with E-state index in [4.69, 9.17) is 0 Å². The minimum absolute atomic E-state index is 0.658. The highest BCUT2D eigenvalue weighted by Crippen LogP contribution is 2.26. The van der Waals surface area contributed by atoms with E-state index in [1.165, 1.54) is 69.4 Å². The number of hydrogen-bond acceptors (Lipinski definition) is 2. The standard InChI is InChI=1S/C16H24N2/c1-2-6-11-18(10-5-1)12-9-15-13-14-7-3-4-8-16(14)17-15/h3-4,7-8,15,17H,1-2,5-6,9-13H2. The quantitative estimate of drug-likeness (QED) is 0.877. The fourth-order valence-corrected chi connectivity index (χ4v) is 3.25. The normalized spacial score (nSPS) is 24.3. The summed E-state index contributed by atoms with van der Waals surface area (Å²) in [6.07, 6.45) is 8.17. The van der Waals surface area contributed by atoms with Crippen LogP contribution in [0.3, 0.4) is 0 Å². The van der Waals surface area contributed by atoms with Gasteiger partial charge in [0.2, 0.25) is 0 Å². The lowest BCUT2D eigenvalue weighted by Gasteiger charge is -2.21. The number of nitrogens with one attached hydrogen (secondary N) is 1. The van der Waals surface area contributed by atoms with Gasteiger partial charge in [0.05, 0.1) is 0 Å². The van der Waals surface area contributed by atoms with Crippen LogP contribution in [0.5, 0.6) is 0 Å². The molecule has 0 saturated carbocycles. The molecule has 18 heavy (non-hydrogen) atoms. The zero-order valence-corrected chi connectivity index (χ0v) is 11.2. The number of nitrogens with zero attached hydrogens (tertiary/aromatic N) is 1. The molecule has 0 aromatic heterocycles. The number of para-hydroxylation sites is 1. The summed E-state index contributed by atoms with van der Waals surface area (Å²) >= 11 is 0. The largest absolute Gasteiger partial charge is 0.382 e. The second-order valence-corrected chi connectivity index (χ2v) is 5.75. The van der Waals surface area contributed by atoms with Crippen LogP contribution in [0.1, 0.15) is 37.7 Å². The Kier molecular flexibility index (Phi) is 3.84. The lowest BCUT2D eigenvalue weighted by atomic mass is 10.1. The van der Waals surface area contributed by atoms with Gasteiger partial charge in [-0.25, -0.2) is 0 Å². The summed E-state index contributed by atoms with van der Waals surface area (Å²) in [7, 11) is 0. The van der Waals surface area contributed by atoms with Crippen molar-refractivity contribution in [2.24, 2.45) is 0 Å². The second-order valence-electron chi connectivity index (χ2n) is 5.75. The van der Waals surface area contributed by atoms with Crippen LogP contribution in [0.15, 0.2) is 24.3 Å². The van der Waals surface area contributed by atoms with Crippen LogP contribution in [0.2, 0.25) is 0 Å². The van der Waals surface area contributed by atoms with Gasteiger partial charge in [-0.05, 0) is 50.4 Å². The minimum atomic E-state index is 0.658. The van der Waals surface area contributed by atoms with Gasteiger partial charge in [-0.15, -0.1) is 0 Å². The Hall–Kier alpha value is -1.02. The molecular formula is C16H24N2. The molecule has 0 amide bonds. The fourth-order valence-electron chi connectivity index (χ4n) is 3.25. The summed E-state index contributed by atoms with van der Waals surface area (Å²) in [4.78, 5) is 2.66. The second kappa shape index (κ2) is 5.75. The van der Waals surface area contributed by atoms with Gasteiger partial charge >= 0.3 is 0 Å². The highest BCUT2D eigenvalue weighted by Gasteiger charge is 2.20. The van der Waals surface area contributed by atoms with E-state index in [2.05, 4.69) is 34.5 Å². The summed E-state index contributed by atoms with van der Waals surface area (Å²) in [5, 5.41) is 3.66. The Morgan fingerprint density at radius 2 is 1.83 bits per heavy atom. The number of likely N-dealkylation sites (tertiary alicyclic amines) is 1. The van der Waals surface area contributed by atoms with Crippen molar-refractivity contribution < 1.29 is 0 Å². The SMILES string of the molecule is c1ccc2c(c1)CC(CCN1CCCCCC1)N2. The van der Waals surface area contributed by atoms with E-state index in [1.54, 1.807) is 0 Å². The topological polar surface area (TPSA) is 15.3 Å². The Bertz CT molecular complexity index is 355. The summed E-state index contributed by atoms with van der Waals surface area (Å²) in [6, 6.07) is 9.40. The summed E-state index contributed by atoms with van der Waals surface area (Å²) in [5.74, 6) is 0. The number of anilines is 1. The van der Waals surface area contributed by atoms with Crippen LogP contribution < -0.4 is 5.32 Å². The van der Waals surface area contributed by atoms with Crippen LogP contribution >= 0.6 is 0 Å². The molecule has 2 aliphatic rings. The molecule has 0 aliphatic carbocycles. The number of rotatable bonds is 3. The molecule has 0 spiro atoms. The van der Waals surface area contributed by atoms with E-state index >= 15 is 0 Å². The highest BCUT2D eigenvalue weighted by atomic mass is 15.1. The Balaban J connectivity index is 1.47. The van der Waals surface area contributed by atoms with Crippen molar-refractivity contribution >= 4 is 5.69 Å². The fraction of sp³-hybridized carbons (Fsp3) is 0.625. The molecule has 2 nitrogen and oxygen atoms in total. The third-order valence-corrected chi connectivity index (χ3v) is 4.34. The van der Waals surface area contributed by atoms with E-state index in [-0.39, 0.29) is 0 Å². The van der Waals surface area contributed by atoms with Gasteiger partial charge in [-0.3, -0.25) is 0 Å². The molecule has 3 rings (SSSR count). The predicted molar refractivity (Wildman–Crippen MR) is 77.1 cm³/mol. The van der Waals surface area contributed by atoms with E-state index in [0.717, 1.165) is 0 Å². The molecule has 1 N–H and O–H groups in total. The molecule has 1 aromatic carbocycles. The number of fused-ring (bicyclic) bond motifs is 1. The molecule has 2 heterocycles. The van der Waals surface area contributed by atoms with Gasteiger partial charge in [-0.2, -0.15) is 0 Å². The third-order valence-electron chi connectivity index (χ3n) is 4.34. The molecule has 98 valence electrons. The number of benzene rings is 1. The van der Waals surface area contributed by atoms with Crippen LogP contribution in [-0.4, -0.2) is 30.6 Å². The van der Waals surface area contributed by atoms with Gasteiger partial charge in [0.1, 0.15) is 0 Å². The van der Waals surface area contributed by atoms with Crippen molar-refractivity contribution in [2.45, 2.75) is 44.6 Å². The maximum absolute atomic E-state index is 3.66. The number of hydrogen-bond donors (Lipinski definition) is 1. The van der Waals surface area contributed by atoms with Gasteiger partial charge in [0, 0.05) is 18.3 Å². The molecule has 0 bridgehead atoms. The zero-order chi connectivity index (χ0) is 12.2. The minimum Gasteiger partial charge on any atom is -0.382 e. The summed E-state index contributed by atoms with van der Waals surface area (Å²) < 4.78 is 0. The molecule has 1 fully saturated rings. The average Bonchev–Trinajstić information content (AvgIpc) is 2.63. The van der Waals surface area contributed by atoms with Crippen molar-refractivity contribution in [2.75, 3.05) is 25.0 Å². The van der Waals surface area contributed by atoms with Crippen LogP contribution in [0.4, 0.5) is 5.69 Å². The molecule has 2 aliphatic heterocycles. The predicted octanol–water partition coefficient (Wildman–Crippen LogP) is 3.29. The third kappa shape index (κ3) is 2.86. The first-order chi connectivity index (χ1) is 8.92. The van der Waals surface area contributed by atoms with Crippen molar-refractivity contribution in [3.63, 3.8) is 0 Å². The smallest absolute Gasteiger partial charge is 0.0375 e. The van der Waals surface area contributed by atoms with E-state index in [0.29, 0.717) is 6.04 Å². The van der Waals surface area contributed by atoms with E-state index < -0.39 is 0 Å². The Morgan fingerprint density at radius 3 is 2.61 bits per heavy atom. The molecule has 2 heteroatoms. The lowest BCUT2D eigenvalue weighted by molar-refractivity contribution is 0.276. The van der Waals surface area contributed by atoms with E-state index in [1.807, 2.05) is 0 Å². The Morgan fingerprint density at radius 1 is 1.06 bits per heavy atom. The molecule has 1 atom stereocenters. The van der Waals surface area contributed by atoms with Crippen molar-refractivity contribution in [1.29, 1.82) is 0 Å². The maximum atomic E-state index is 3.66. The average molecular weight is 244 g/mol. The Labute approximate surface area is 110 Å². The molecule has 1 unspecified atom stereocenters. The first kappa shape index (κ1) is 12.0. The van der Waals surface area contributed by atoms with E-state index in [9.17, 15) is 0 Å².